The lowest BCUT2D eigenvalue weighted by Gasteiger charge is -2.38. The third-order valence-electron chi connectivity index (χ3n) is 6.04. The van der Waals surface area contributed by atoms with Crippen LogP contribution in [0.3, 0.4) is 0 Å². The highest BCUT2D eigenvalue weighted by Crippen LogP contribution is 2.31. The van der Waals surface area contributed by atoms with E-state index in [-0.39, 0.29) is 48.3 Å². The minimum Gasteiger partial charge on any atom is -0.356 e. The van der Waals surface area contributed by atoms with Crippen LogP contribution in [-0.4, -0.2) is 48.3 Å². The van der Waals surface area contributed by atoms with Gasteiger partial charge in [-0.05, 0) is 38.3 Å². The zero-order valence-corrected chi connectivity index (χ0v) is 17.5. The number of anilines is 1. The molecule has 0 saturated carbocycles. The second-order valence-corrected chi connectivity index (χ2v) is 8.26. The van der Waals surface area contributed by atoms with Crippen LogP contribution in [0.1, 0.15) is 46.0 Å². The monoisotopic (exact) mass is 421 g/mol. The van der Waals surface area contributed by atoms with E-state index < -0.39 is 17.6 Å². The summed E-state index contributed by atoms with van der Waals surface area (Å²) < 4.78 is 27.3. The molecule has 2 heterocycles. The van der Waals surface area contributed by atoms with Crippen LogP contribution in [0.4, 0.5) is 14.5 Å². The molecule has 2 aliphatic heterocycles. The Balaban J connectivity index is 1.66. The van der Waals surface area contributed by atoms with Crippen molar-refractivity contribution in [3.05, 3.63) is 29.8 Å². The van der Waals surface area contributed by atoms with Crippen molar-refractivity contribution in [1.29, 1.82) is 0 Å². The van der Waals surface area contributed by atoms with E-state index in [0.29, 0.717) is 19.5 Å². The Morgan fingerprint density at radius 1 is 1.17 bits per heavy atom. The molecule has 2 saturated heterocycles. The smallest absolute Gasteiger partial charge is 0.228 e. The van der Waals surface area contributed by atoms with Crippen LogP contribution in [0.2, 0.25) is 0 Å². The van der Waals surface area contributed by atoms with E-state index in [1.54, 1.807) is 4.90 Å². The Morgan fingerprint density at radius 3 is 2.63 bits per heavy atom. The third kappa shape index (κ3) is 4.79. The SMILES string of the molecule is CCCCNC(=O)C1CCC(C)N(C(=O)C2CC(=O)N(c3ccc(F)cc3F)C2)C1. The summed E-state index contributed by atoms with van der Waals surface area (Å²) in [7, 11) is 0. The van der Waals surface area contributed by atoms with Gasteiger partial charge in [0.1, 0.15) is 11.6 Å². The van der Waals surface area contributed by atoms with E-state index in [1.165, 1.54) is 11.0 Å². The van der Waals surface area contributed by atoms with Gasteiger partial charge in [0.15, 0.2) is 0 Å². The zero-order valence-electron chi connectivity index (χ0n) is 17.5. The number of hydrogen-bond acceptors (Lipinski definition) is 3. The van der Waals surface area contributed by atoms with Gasteiger partial charge in [-0.2, -0.15) is 0 Å². The summed E-state index contributed by atoms with van der Waals surface area (Å²) in [6.07, 6.45) is 3.32. The molecule has 2 aliphatic rings. The molecule has 2 fully saturated rings. The average molecular weight is 421 g/mol. The largest absolute Gasteiger partial charge is 0.356 e. The molecule has 0 spiro atoms. The van der Waals surface area contributed by atoms with Gasteiger partial charge in [-0.25, -0.2) is 8.78 Å². The first-order valence-corrected chi connectivity index (χ1v) is 10.7. The topological polar surface area (TPSA) is 69.7 Å². The number of rotatable bonds is 6. The number of piperidine rings is 1. The van der Waals surface area contributed by atoms with Gasteiger partial charge in [0.25, 0.3) is 0 Å². The highest BCUT2D eigenvalue weighted by Gasteiger charge is 2.41. The van der Waals surface area contributed by atoms with E-state index in [1.807, 2.05) is 6.92 Å². The predicted molar refractivity (Wildman–Crippen MR) is 109 cm³/mol. The molecule has 30 heavy (non-hydrogen) atoms. The minimum absolute atomic E-state index is 0.0171. The normalized spacial score (nSPS) is 24.3. The highest BCUT2D eigenvalue weighted by atomic mass is 19.1. The van der Waals surface area contributed by atoms with Crippen LogP contribution in [0.15, 0.2) is 18.2 Å². The lowest BCUT2D eigenvalue weighted by atomic mass is 9.91. The van der Waals surface area contributed by atoms with Crippen LogP contribution in [0.25, 0.3) is 0 Å². The second-order valence-electron chi connectivity index (χ2n) is 8.26. The van der Waals surface area contributed by atoms with E-state index in [4.69, 9.17) is 0 Å². The molecule has 0 bridgehead atoms. The van der Waals surface area contributed by atoms with Crippen LogP contribution in [0.5, 0.6) is 0 Å². The quantitative estimate of drug-likeness (QED) is 0.718. The molecule has 164 valence electrons. The molecule has 0 radical (unpaired) electrons. The van der Waals surface area contributed by atoms with Crippen molar-refractivity contribution < 1.29 is 23.2 Å². The molecule has 8 heteroatoms. The van der Waals surface area contributed by atoms with Crippen LogP contribution in [-0.2, 0) is 14.4 Å². The molecule has 6 nitrogen and oxygen atoms in total. The fraction of sp³-hybridized carbons (Fsp3) is 0.591. The summed E-state index contributed by atoms with van der Waals surface area (Å²) in [6.45, 7) is 5.01. The number of unbranched alkanes of at least 4 members (excludes halogenated alkanes) is 1. The van der Waals surface area contributed by atoms with Gasteiger partial charge in [0.2, 0.25) is 17.7 Å². The van der Waals surface area contributed by atoms with Gasteiger partial charge in [-0.1, -0.05) is 13.3 Å². The first-order chi connectivity index (χ1) is 14.3. The summed E-state index contributed by atoms with van der Waals surface area (Å²) in [5, 5.41) is 2.93. The fourth-order valence-electron chi connectivity index (χ4n) is 4.20. The standard InChI is InChI=1S/C22H29F2N3O3/c1-3-4-9-25-21(29)15-6-5-14(2)26(12-15)22(30)16-10-20(28)27(13-16)19-8-7-17(23)11-18(19)24/h7-8,11,14-16H,3-6,9-10,12-13H2,1-2H3,(H,25,29). The Morgan fingerprint density at radius 2 is 1.93 bits per heavy atom. The Labute approximate surface area is 175 Å². The van der Waals surface area contributed by atoms with E-state index in [2.05, 4.69) is 12.2 Å². The molecule has 3 unspecified atom stereocenters. The lowest BCUT2D eigenvalue weighted by molar-refractivity contribution is -0.142. The number of nitrogens with zero attached hydrogens (tertiary/aromatic N) is 2. The van der Waals surface area contributed by atoms with Crippen molar-refractivity contribution in [1.82, 2.24) is 10.2 Å². The lowest BCUT2D eigenvalue weighted by Crippen LogP contribution is -2.51. The third-order valence-corrected chi connectivity index (χ3v) is 6.04. The van der Waals surface area contributed by atoms with Crippen LogP contribution >= 0.6 is 0 Å². The number of likely N-dealkylation sites (tertiary alicyclic amines) is 1. The van der Waals surface area contributed by atoms with Gasteiger partial charge < -0.3 is 15.1 Å². The molecule has 1 aromatic rings. The van der Waals surface area contributed by atoms with Crippen molar-refractivity contribution in [2.45, 2.75) is 52.0 Å². The molecule has 1 N–H and O–H groups in total. The van der Waals surface area contributed by atoms with Crippen LogP contribution < -0.4 is 10.2 Å². The van der Waals surface area contributed by atoms with Crippen LogP contribution in [0, 0.1) is 23.5 Å². The molecule has 1 aromatic carbocycles. The first-order valence-electron chi connectivity index (χ1n) is 10.7. The molecule has 0 aromatic heterocycles. The highest BCUT2D eigenvalue weighted by molar-refractivity contribution is 6.00. The van der Waals surface area contributed by atoms with E-state index in [0.717, 1.165) is 31.4 Å². The Bertz CT molecular complexity index is 817. The maximum atomic E-state index is 14.1. The molecular formula is C22H29F2N3O3. The molecule has 3 rings (SSSR count). The van der Waals surface area contributed by atoms with Crippen molar-refractivity contribution in [3.8, 4) is 0 Å². The Hall–Kier alpha value is -2.51. The van der Waals surface area contributed by atoms with Gasteiger partial charge >= 0.3 is 0 Å². The summed E-state index contributed by atoms with van der Waals surface area (Å²) in [5.41, 5.74) is -0.0171. The van der Waals surface area contributed by atoms with Gasteiger partial charge in [0.05, 0.1) is 17.5 Å². The van der Waals surface area contributed by atoms with Gasteiger partial charge in [-0.3, -0.25) is 14.4 Å². The summed E-state index contributed by atoms with van der Waals surface area (Å²) >= 11 is 0. The van der Waals surface area contributed by atoms with Gasteiger partial charge in [0, 0.05) is 38.2 Å². The minimum atomic E-state index is -0.827. The maximum absolute atomic E-state index is 14.1. The second kappa shape index (κ2) is 9.53. The van der Waals surface area contributed by atoms with Gasteiger partial charge in [-0.15, -0.1) is 0 Å². The van der Waals surface area contributed by atoms with Crippen molar-refractivity contribution in [3.63, 3.8) is 0 Å². The van der Waals surface area contributed by atoms with Crippen molar-refractivity contribution >= 4 is 23.4 Å². The number of benzene rings is 1. The maximum Gasteiger partial charge on any atom is 0.228 e. The molecule has 3 amide bonds. The number of carbonyl (C=O) groups is 3. The summed E-state index contributed by atoms with van der Waals surface area (Å²) in [6, 6.07) is 3.01. The number of amides is 3. The van der Waals surface area contributed by atoms with E-state index in [9.17, 15) is 23.2 Å². The van der Waals surface area contributed by atoms with Crippen molar-refractivity contribution in [2.75, 3.05) is 24.5 Å². The Kier molecular flexibility index (Phi) is 7.05. The summed E-state index contributed by atoms with van der Waals surface area (Å²) in [5.74, 6) is -3.00. The first kappa shape index (κ1) is 22.2. The number of halogens is 2. The molecule has 3 atom stereocenters. The molecular weight excluding hydrogens is 392 g/mol. The average Bonchev–Trinajstić information content (AvgIpc) is 3.09. The number of hydrogen-bond donors (Lipinski definition) is 1. The predicted octanol–water partition coefficient (Wildman–Crippen LogP) is 2.86. The number of nitrogens with one attached hydrogen (secondary N) is 1. The van der Waals surface area contributed by atoms with E-state index >= 15 is 0 Å². The fourth-order valence-corrected chi connectivity index (χ4v) is 4.20. The van der Waals surface area contributed by atoms with Crippen molar-refractivity contribution in [2.24, 2.45) is 11.8 Å². The molecule has 0 aliphatic carbocycles. The zero-order chi connectivity index (χ0) is 21.8. The number of carbonyl (C=O) groups excluding carboxylic acids is 3. The summed E-state index contributed by atoms with van der Waals surface area (Å²) in [4.78, 5) is 40.9.